The van der Waals surface area contributed by atoms with Gasteiger partial charge in [0.05, 0.1) is 29.0 Å². The van der Waals surface area contributed by atoms with Crippen LogP contribution in [0, 0.1) is 6.92 Å². The van der Waals surface area contributed by atoms with Crippen LogP contribution < -0.4 is 0 Å². The molecule has 0 spiro atoms. The Kier molecular flexibility index (Phi) is 4.16. The van der Waals surface area contributed by atoms with E-state index >= 15 is 0 Å². The van der Waals surface area contributed by atoms with E-state index in [1.807, 2.05) is 26.0 Å². The van der Waals surface area contributed by atoms with Crippen LogP contribution in [0.15, 0.2) is 36.8 Å². The van der Waals surface area contributed by atoms with Crippen molar-refractivity contribution in [2.24, 2.45) is 0 Å². The van der Waals surface area contributed by atoms with E-state index < -0.39 is 0 Å². The predicted octanol–water partition coefficient (Wildman–Crippen LogP) is 2.61. The summed E-state index contributed by atoms with van der Waals surface area (Å²) in [4.78, 5) is 23.2. The third-order valence-corrected chi connectivity index (χ3v) is 5.14. The van der Waals surface area contributed by atoms with Gasteiger partial charge in [-0.1, -0.05) is 28.9 Å². The molecule has 1 amide bonds. The zero-order chi connectivity index (χ0) is 18.3. The van der Waals surface area contributed by atoms with Crippen LogP contribution in [0.3, 0.4) is 0 Å². The molecule has 1 aromatic carbocycles. The largest absolute Gasteiger partial charge is 0.329 e. The molecule has 0 bridgehead atoms. The average molecular weight is 369 g/mol. The molecule has 1 aliphatic heterocycles. The number of amides is 1. The first-order valence-corrected chi connectivity index (χ1v) is 8.70. The minimum Gasteiger partial charge on any atom is -0.329 e. The van der Waals surface area contributed by atoms with Crippen molar-refractivity contribution < 1.29 is 4.79 Å². The van der Waals surface area contributed by atoms with E-state index in [0.29, 0.717) is 29.4 Å². The molecule has 0 fully saturated rings. The second kappa shape index (κ2) is 6.49. The lowest BCUT2D eigenvalue weighted by Crippen LogP contribution is -2.43. The predicted molar refractivity (Wildman–Crippen MR) is 96.2 cm³/mol. The van der Waals surface area contributed by atoms with Gasteiger partial charge in [-0.25, -0.2) is 4.98 Å². The lowest BCUT2D eigenvalue weighted by molar-refractivity contribution is 0.0653. The maximum atomic E-state index is 13.0. The number of nitrogens with zero attached hydrogens (tertiary/aromatic N) is 6. The molecular formula is C18H17ClN6O. The van der Waals surface area contributed by atoms with Gasteiger partial charge in [0.15, 0.2) is 5.82 Å². The molecular weight excluding hydrogens is 352 g/mol. The quantitative estimate of drug-likeness (QED) is 0.694. The summed E-state index contributed by atoms with van der Waals surface area (Å²) in [5.41, 5.74) is 3.13. The summed E-state index contributed by atoms with van der Waals surface area (Å²) in [6.07, 6.45) is 5.50. The van der Waals surface area contributed by atoms with Gasteiger partial charge >= 0.3 is 0 Å². The molecule has 0 saturated heterocycles. The summed E-state index contributed by atoms with van der Waals surface area (Å²) < 4.78 is 1.69. The van der Waals surface area contributed by atoms with Gasteiger partial charge in [0.2, 0.25) is 0 Å². The van der Waals surface area contributed by atoms with Crippen molar-refractivity contribution in [3.63, 3.8) is 0 Å². The minimum atomic E-state index is -0.0918. The summed E-state index contributed by atoms with van der Waals surface area (Å²) in [5.74, 6) is 0.529. The highest BCUT2D eigenvalue weighted by Crippen LogP contribution is 2.28. The zero-order valence-electron chi connectivity index (χ0n) is 14.4. The number of aromatic nitrogens is 5. The fourth-order valence-electron chi connectivity index (χ4n) is 3.19. The Balaban J connectivity index is 1.66. The lowest BCUT2D eigenvalue weighted by atomic mass is 10.0. The number of hydrogen-bond donors (Lipinski definition) is 0. The van der Waals surface area contributed by atoms with Crippen LogP contribution in [0.25, 0.3) is 5.82 Å². The standard InChI is InChI=1S/C18H17ClN6O/c1-11-4-3-5-13(17(11)19)18(26)24-10-14-15(8-12(24)2)25(23-22-14)16-9-20-6-7-21-16/h3-7,9,12H,8,10H2,1-2H3/t12-/m1/s1. The molecule has 0 radical (unpaired) electrons. The number of benzene rings is 1. The van der Waals surface area contributed by atoms with E-state index in [0.717, 1.165) is 17.0 Å². The molecule has 0 saturated carbocycles. The second-order valence-electron chi connectivity index (χ2n) is 6.38. The van der Waals surface area contributed by atoms with Gasteiger partial charge < -0.3 is 4.90 Å². The second-order valence-corrected chi connectivity index (χ2v) is 6.76. The van der Waals surface area contributed by atoms with Crippen LogP contribution in [-0.4, -0.2) is 41.8 Å². The molecule has 2 aromatic heterocycles. The third-order valence-electron chi connectivity index (χ3n) is 4.63. The molecule has 0 unspecified atom stereocenters. The Morgan fingerprint density at radius 1 is 1.31 bits per heavy atom. The van der Waals surface area contributed by atoms with E-state index in [1.54, 1.807) is 34.2 Å². The van der Waals surface area contributed by atoms with Crippen molar-refractivity contribution in [1.29, 1.82) is 0 Å². The highest BCUT2D eigenvalue weighted by atomic mass is 35.5. The van der Waals surface area contributed by atoms with E-state index in [2.05, 4.69) is 20.3 Å². The Morgan fingerprint density at radius 2 is 2.15 bits per heavy atom. The molecule has 26 heavy (non-hydrogen) atoms. The van der Waals surface area contributed by atoms with E-state index in [-0.39, 0.29) is 11.9 Å². The topological polar surface area (TPSA) is 76.8 Å². The van der Waals surface area contributed by atoms with Crippen LogP contribution in [0.4, 0.5) is 0 Å². The molecule has 132 valence electrons. The van der Waals surface area contributed by atoms with Crippen molar-refractivity contribution >= 4 is 17.5 Å². The number of fused-ring (bicyclic) bond motifs is 1. The van der Waals surface area contributed by atoms with Crippen molar-refractivity contribution in [1.82, 2.24) is 29.9 Å². The Bertz CT molecular complexity index is 971. The molecule has 0 aliphatic carbocycles. The summed E-state index contributed by atoms with van der Waals surface area (Å²) in [6, 6.07) is 5.49. The van der Waals surface area contributed by atoms with Gasteiger partial charge in [0, 0.05) is 24.9 Å². The summed E-state index contributed by atoms with van der Waals surface area (Å²) in [7, 11) is 0. The van der Waals surface area contributed by atoms with Gasteiger partial charge in [0.25, 0.3) is 5.91 Å². The molecule has 4 rings (SSSR count). The zero-order valence-corrected chi connectivity index (χ0v) is 15.2. The molecule has 7 nitrogen and oxygen atoms in total. The van der Waals surface area contributed by atoms with Crippen LogP contribution in [0.5, 0.6) is 0 Å². The van der Waals surface area contributed by atoms with Crippen LogP contribution in [0.1, 0.15) is 34.2 Å². The lowest BCUT2D eigenvalue weighted by Gasteiger charge is -2.33. The fourth-order valence-corrected chi connectivity index (χ4v) is 3.40. The maximum Gasteiger partial charge on any atom is 0.255 e. The molecule has 0 N–H and O–H groups in total. The molecule has 1 atom stereocenters. The number of rotatable bonds is 2. The minimum absolute atomic E-state index is 0.0134. The van der Waals surface area contributed by atoms with Crippen molar-refractivity contribution in [2.75, 3.05) is 0 Å². The van der Waals surface area contributed by atoms with Crippen LogP contribution >= 0.6 is 11.6 Å². The number of carbonyl (C=O) groups is 1. The van der Waals surface area contributed by atoms with Gasteiger partial charge in [0.1, 0.15) is 5.69 Å². The maximum absolute atomic E-state index is 13.0. The highest BCUT2D eigenvalue weighted by molar-refractivity contribution is 6.34. The summed E-state index contributed by atoms with van der Waals surface area (Å²) in [6.45, 7) is 4.29. The van der Waals surface area contributed by atoms with Crippen LogP contribution in [-0.2, 0) is 13.0 Å². The van der Waals surface area contributed by atoms with Crippen molar-refractivity contribution in [2.45, 2.75) is 32.9 Å². The van der Waals surface area contributed by atoms with Gasteiger partial charge in [-0.05, 0) is 25.5 Å². The first kappa shape index (κ1) is 16.7. The Labute approximate surface area is 155 Å². The Morgan fingerprint density at radius 3 is 2.92 bits per heavy atom. The Hall–Kier alpha value is -2.80. The monoisotopic (exact) mass is 368 g/mol. The van der Waals surface area contributed by atoms with E-state index in [9.17, 15) is 4.79 Å². The van der Waals surface area contributed by atoms with E-state index in [4.69, 9.17) is 11.6 Å². The first-order valence-electron chi connectivity index (χ1n) is 8.32. The number of halogens is 1. The summed E-state index contributed by atoms with van der Waals surface area (Å²) >= 11 is 6.34. The molecule has 8 heteroatoms. The van der Waals surface area contributed by atoms with Crippen molar-refractivity contribution in [3.05, 3.63) is 64.3 Å². The van der Waals surface area contributed by atoms with Gasteiger partial charge in [-0.2, -0.15) is 4.68 Å². The number of aryl methyl sites for hydroxylation is 1. The van der Waals surface area contributed by atoms with Gasteiger partial charge in [-0.3, -0.25) is 9.78 Å². The molecule has 1 aliphatic rings. The number of hydrogen-bond acceptors (Lipinski definition) is 5. The summed E-state index contributed by atoms with van der Waals surface area (Å²) in [5, 5.41) is 8.95. The normalized spacial score (nSPS) is 16.4. The SMILES string of the molecule is Cc1cccc(C(=O)N2Cc3nnn(-c4cnccn4)c3C[C@H]2C)c1Cl. The van der Waals surface area contributed by atoms with E-state index in [1.165, 1.54) is 0 Å². The fraction of sp³-hybridized carbons (Fsp3) is 0.278. The average Bonchev–Trinajstić information content (AvgIpc) is 3.06. The molecule has 3 aromatic rings. The smallest absolute Gasteiger partial charge is 0.255 e. The van der Waals surface area contributed by atoms with Gasteiger partial charge in [-0.15, -0.1) is 5.10 Å². The van der Waals surface area contributed by atoms with Crippen molar-refractivity contribution in [3.8, 4) is 5.82 Å². The van der Waals surface area contributed by atoms with Crippen LogP contribution in [0.2, 0.25) is 5.02 Å². The molecule has 3 heterocycles. The number of carbonyl (C=O) groups excluding carboxylic acids is 1. The highest BCUT2D eigenvalue weighted by Gasteiger charge is 2.32. The first-order chi connectivity index (χ1) is 12.6. The third kappa shape index (κ3) is 2.74.